The Morgan fingerprint density at radius 3 is 2.32 bits per heavy atom. The Morgan fingerprint density at radius 1 is 0.882 bits per heavy atom. The lowest BCUT2D eigenvalue weighted by Gasteiger charge is -2.22. The quantitative estimate of drug-likeness (QED) is 0.297. The molecule has 0 aliphatic rings. The number of carbonyl (C=O) groups is 1. The highest BCUT2D eigenvalue weighted by Gasteiger charge is 2.16. The van der Waals surface area contributed by atoms with Crippen LogP contribution in [-0.2, 0) is 29.0 Å². The van der Waals surface area contributed by atoms with Gasteiger partial charge in [-0.3, -0.25) is 4.79 Å². The number of rotatable bonds is 11. The van der Waals surface area contributed by atoms with Crippen molar-refractivity contribution in [1.29, 1.82) is 0 Å². The SMILES string of the molecule is O=C(COCc1ccccc1)N(CCc1ccccc1)CCc1nc(-c2cccc(Cl)c2)no1. The number of benzene rings is 3. The van der Waals surface area contributed by atoms with Crippen LogP contribution in [0.25, 0.3) is 11.4 Å². The van der Waals surface area contributed by atoms with E-state index >= 15 is 0 Å². The van der Waals surface area contributed by atoms with Crippen molar-refractivity contribution in [3.63, 3.8) is 0 Å². The van der Waals surface area contributed by atoms with Gasteiger partial charge in [-0.1, -0.05) is 89.6 Å². The maximum absolute atomic E-state index is 13.0. The molecular formula is C27H26ClN3O3. The van der Waals surface area contributed by atoms with Crippen LogP contribution in [0.15, 0.2) is 89.5 Å². The summed E-state index contributed by atoms with van der Waals surface area (Å²) in [6, 6.07) is 27.2. The summed E-state index contributed by atoms with van der Waals surface area (Å²) in [6.45, 7) is 1.44. The first-order chi connectivity index (χ1) is 16.7. The van der Waals surface area contributed by atoms with E-state index in [0.29, 0.717) is 42.9 Å². The summed E-state index contributed by atoms with van der Waals surface area (Å²) >= 11 is 6.06. The highest BCUT2D eigenvalue weighted by Crippen LogP contribution is 2.20. The molecule has 0 atom stereocenters. The monoisotopic (exact) mass is 475 g/mol. The van der Waals surface area contributed by atoms with Crippen molar-refractivity contribution in [3.8, 4) is 11.4 Å². The molecule has 4 rings (SSSR count). The van der Waals surface area contributed by atoms with Gasteiger partial charge in [0.2, 0.25) is 17.6 Å². The Hall–Kier alpha value is -3.48. The second-order valence-corrected chi connectivity index (χ2v) is 8.30. The van der Waals surface area contributed by atoms with Crippen molar-refractivity contribution in [2.75, 3.05) is 19.7 Å². The number of aromatic nitrogens is 2. The van der Waals surface area contributed by atoms with E-state index < -0.39 is 0 Å². The standard InChI is InChI=1S/C27H26ClN3O3/c28-24-13-7-12-23(18-24)27-29-25(34-30-27)15-17-31(16-14-21-8-3-1-4-9-21)26(32)20-33-19-22-10-5-2-6-11-22/h1-13,18H,14-17,19-20H2. The maximum Gasteiger partial charge on any atom is 0.248 e. The van der Waals surface area contributed by atoms with Crippen LogP contribution in [0.3, 0.4) is 0 Å². The van der Waals surface area contributed by atoms with Gasteiger partial charge in [0.05, 0.1) is 6.61 Å². The zero-order valence-corrected chi connectivity index (χ0v) is 19.5. The van der Waals surface area contributed by atoms with Crippen LogP contribution in [0, 0.1) is 0 Å². The summed E-state index contributed by atoms with van der Waals surface area (Å²) in [4.78, 5) is 19.2. The van der Waals surface area contributed by atoms with Crippen LogP contribution in [-0.4, -0.2) is 40.6 Å². The molecule has 174 valence electrons. The van der Waals surface area contributed by atoms with E-state index in [1.165, 1.54) is 5.56 Å². The van der Waals surface area contributed by atoms with E-state index in [0.717, 1.165) is 17.5 Å². The van der Waals surface area contributed by atoms with E-state index in [9.17, 15) is 4.79 Å². The minimum absolute atomic E-state index is 0.0152. The number of hydrogen-bond donors (Lipinski definition) is 0. The molecule has 0 aliphatic carbocycles. The molecule has 4 aromatic rings. The molecule has 0 spiro atoms. The van der Waals surface area contributed by atoms with Gasteiger partial charge in [-0.2, -0.15) is 4.98 Å². The Bertz CT molecular complexity index is 1180. The van der Waals surface area contributed by atoms with Gasteiger partial charge in [-0.05, 0) is 29.7 Å². The third-order valence-corrected chi connectivity index (χ3v) is 5.58. The number of amides is 1. The minimum atomic E-state index is -0.0681. The average molecular weight is 476 g/mol. The van der Waals surface area contributed by atoms with Gasteiger partial charge in [0.25, 0.3) is 0 Å². The van der Waals surface area contributed by atoms with Crippen LogP contribution in [0.1, 0.15) is 17.0 Å². The Balaban J connectivity index is 1.36. The third kappa shape index (κ3) is 7.01. The molecule has 7 heteroatoms. The second kappa shape index (κ2) is 12.1. The Kier molecular flexibility index (Phi) is 8.43. The highest BCUT2D eigenvalue weighted by atomic mass is 35.5. The molecular weight excluding hydrogens is 450 g/mol. The van der Waals surface area contributed by atoms with E-state index in [-0.39, 0.29) is 12.5 Å². The van der Waals surface area contributed by atoms with Crippen LogP contribution in [0.5, 0.6) is 0 Å². The van der Waals surface area contributed by atoms with Crippen molar-refractivity contribution in [2.45, 2.75) is 19.4 Å². The fourth-order valence-electron chi connectivity index (χ4n) is 3.52. The Morgan fingerprint density at radius 2 is 1.59 bits per heavy atom. The van der Waals surface area contributed by atoms with Gasteiger partial charge in [-0.25, -0.2) is 0 Å². The zero-order valence-electron chi connectivity index (χ0n) is 18.8. The molecule has 0 aliphatic heterocycles. The number of carbonyl (C=O) groups excluding carboxylic acids is 1. The molecule has 0 radical (unpaired) electrons. The van der Waals surface area contributed by atoms with E-state index in [1.807, 2.05) is 60.7 Å². The number of ether oxygens (including phenoxy) is 1. The normalized spacial score (nSPS) is 10.9. The molecule has 0 unspecified atom stereocenters. The van der Waals surface area contributed by atoms with E-state index in [2.05, 4.69) is 22.3 Å². The third-order valence-electron chi connectivity index (χ3n) is 5.35. The van der Waals surface area contributed by atoms with Gasteiger partial charge < -0.3 is 14.2 Å². The first kappa shape index (κ1) is 23.7. The van der Waals surface area contributed by atoms with Crippen LogP contribution >= 0.6 is 11.6 Å². The molecule has 34 heavy (non-hydrogen) atoms. The molecule has 6 nitrogen and oxygen atoms in total. The van der Waals surface area contributed by atoms with Crippen molar-refractivity contribution >= 4 is 17.5 Å². The molecule has 1 heterocycles. The van der Waals surface area contributed by atoms with Gasteiger partial charge in [0.1, 0.15) is 6.61 Å². The molecule has 0 saturated carbocycles. The predicted molar refractivity (Wildman–Crippen MR) is 131 cm³/mol. The summed E-state index contributed by atoms with van der Waals surface area (Å²) in [6.07, 6.45) is 1.20. The molecule has 0 N–H and O–H groups in total. The number of hydrogen-bond acceptors (Lipinski definition) is 5. The van der Waals surface area contributed by atoms with Crippen molar-refractivity contribution in [3.05, 3.63) is 107 Å². The van der Waals surface area contributed by atoms with Crippen LogP contribution < -0.4 is 0 Å². The minimum Gasteiger partial charge on any atom is -0.367 e. The molecule has 1 amide bonds. The second-order valence-electron chi connectivity index (χ2n) is 7.87. The fraction of sp³-hybridized carbons (Fsp3) is 0.222. The molecule has 3 aromatic carbocycles. The van der Waals surface area contributed by atoms with Gasteiger partial charge in [0.15, 0.2) is 0 Å². The highest BCUT2D eigenvalue weighted by molar-refractivity contribution is 6.30. The topological polar surface area (TPSA) is 68.5 Å². The van der Waals surface area contributed by atoms with Crippen molar-refractivity contribution in [1.82, 2.24) is 15.0 Å². The summed E-state index contributed by atoms with van der Waals surface area (Å²) in [5.74, 6) is 0.880. The van der Waals surface area contributed by atoms with Crippen molar-refractivity contribution < 1.29 is 14.1 Å². The van der Waals surface area contributed by atoms with E-state index in [1.54, 1.807) is 17.0 Å². The van der Waals surface area contributed by atoms with Gasteiger partial charge in [0, 0.05) is 30.1 Å². The summed E-state index contributed by atoms with van der Waals surface area (Å²) in [5.41, 5.74) is 2.99. The lowest BCUT2D eigenvalue weighted by Crippen LogP contribution is -2.37. The Labute approximate surface area is 204 Å². The summed E-state index contributed by atoms with van der Waals surface area (Å²) < 4.78 is 11.1. The van der Waals surface area contributed by atoms with Gasteiger partial charge >= 0.3 is 0 Å². The first-order valence-electron chi connectivity index (χ1n) is 11.2. The molecule has 0 saturated heterocycles. The average Bonchev–Trinajstić information content (AvgIpc) is 3.34. The molecule has 0 bridgehead atoms. The first-order valence-corrected chi connectivity index (χ1v) is 11.6. The van der Waals surface area contributed by atoms with Crippen molar-refractivity contribution in [2.24, 2.45) is 0 Å². The van der Waals surface area contributed by atoms with E-state index in [4.69, 9.17) is 20.9 Å². The lowest BCUT2D eigenvalue weighted by atomic mass is 10.1. The van der Waals surface area contributed by atoms with Crippen LogP contribution in [0.2, 0.25) is 5.02 Å². The number of halogens is 1. The smallest absolute Gasteiger partial charge is 0.248 e. The largest absolute Gasteiger partial charge is 0.367 e. The molecule has 1 aromatic heterocycles. The predicted octanol–water partition coefficient (Wildman–Crippen LogP) is 5.22. The lowest BCUT2D eigenvalue weighted by molar-refractivity contribution is -0.136. The zero-order chi connectivity index (χ0) is 23.6. The summed E-state index contributed by atoms with van der Waals surface area (Å²) in [7, 11) is 0. The van der Waals surface area contributed by atoms with Gasteiger partial charge in [-0.15, -0.1) is 0 Å². The summed E-state index contributed by atoms with van der Waals surface area (Å²) in [5, 5.41) is 4.66. The fourth-order valence-corrected chi connectivity index (χ4v) is 3.71. The molecule has 0 fully saturated rings. The maximum atomic E-state index is 13.0. The van der Waals surface area contributed by atoms with Crippen LogP contribution in [0.4, 0.5) is 0 Å². The number of nitrogens with zero attached hydrogens (tertiary/aromatic N) is 3.